The third-order valence-electron chi connectivity index (χ3n) is 6.13. The molecule has 0 aliphatic carbocycles. The van der Waals surface area contributed by atoms with E-state index in [0.29, 0.717) is 18.5 Å². The van der Waals surface area contributed by atoms with Crippen molar-refractivity contribution in [2.75, 3.05) is 12.8 Å². The number of hydrogen-bond acceptors (Lipinski definition) is 7. The maximum atomic E-state index is 13.1. The molecule has 1 heterocycles. The molecule has 1 fully saturated rings. The van der Waals surface area contributed by atoms with E-state index in [2.05, 4.69) is 11.4 Å². The largest absolute Gasteiger partial charge is 0.444 e. The molecule has 9 nitrogen and oxygen atoms in total. The average molecular weight is 537 g/mol. The molecular weight excluding hydrogens is 504 g/mol. The van der Waals surface area contributed by atoms with Crippen LogP contribution in [0.15, 0.2) is 47.4 Å². The van der Waals surface area contributed by atoms with Crippen LogP contribution in [0.4, 0.5) is 4.79 Å². The lowest BCUT2D eigenvalue weighted by molar-refractivity contribution is -0.128. The zero-order chi connectivity index (χ0) is 28.1. The molecule has 1 saturated heterocycles. The maximum absolute atomic E-state index is 13.1. The SMILES string of the molecule is CC(C)(C)OC(=O)N1CCCCC1C(=O)N[C@H](C#N)Cc1ccc(-c2ccc(C#N)c(S(C)(=O)=O)c2)cc1. The second kappa shape index (κ2) is 11.7. The highest BCUT2D eigenvalue weighted by Gasteiger charge is 2.35. The van der Waals surface area contributed by atoms with Crippen molar-refractivity contribution < 1.29 is 22.7 Å². The first-order valence-electron chi connectivity index (χ1n) is 12.4. The van der Waals surface area contributed by atoms with Crippen LogP contribution < -0.4 is 5.32 Å². The summed E-state index contributed by atoms with van der Waals surface area (Å²) in [7, 11) is -3.57. The van der Waals surface area contributed by atoms with E-state index >= 15 is 0 Å². The standard InChI is InChI=1S/C28H32N4O5S/c1-28(2,3)37-27(34)32-14-6-5-7-24(32)26(33)31-23(18-30)15-19-8-10-20(11-9-19)21-12-13-22(17-29)25(16-21)38(4,35)36/h8-13,16,23-24H,5-7,14-15H2,1-4H3,(H,31,33)/t23-,24?/m0/s1. The minimum absolute atomic E-state index is 0.0306. The fraction of sp³-hybridized carbons (Fsp3) is 0.429. The van der Waals surface area contributed by atoms with Gasteiger partial charge >= 0.3 is 6.09 Å². The summed E-state index contributed by atoms with van der Waals surface area (Å²) in [6.07, 6.45) is 2.85. The molecule has 3 rings (SSSR count). The average Bonchev–Trinajstić information content (AvgIpc) is 2.86. The minimum atomic E-state index is -3.57. The molecule has 0 spiro atoms. The predicted octanol–water partition coefficient (Wildman–Crippen LogP) is 3.97. The second-order valence-electron chi connectivity index (χ2n) is 10.4. The number of benzene rings is 2. The minimum Gasteiger partial charge on any atom is -0.444 e. The Bertz CT molecular complexity index is 1380. The molecule has 2 aromatic rings. The molecule has 1 aliphatic heterocycles. The van der Waals surface area contributed by atoms with Crippen LogP contribution in [-0.2, 0) is 25.8 Å². The van der Waals surface area contributed by atoms with Crippen molar-refractivity contribution in [3.63, 3.8) is 0 Å². The molecule has 0 bridgehead atoms. The molecule has 0 radical (unpaired) electrons. The Kier molecular flexibility index (Phi) is 8.80. The van der Waals surface area contributed by atoms with Gasteiger partial charge in [-0.05, 0) is 68.9 Å². The molecular formula is C28H32N4O5S. The van der Waals surface area contributed by atoms with Crippen LogP contribution in [0.1, 0.15) is 51.2 Å². The van der Waals surface area contributed by atoms with Gasteiger partial charge in [-0.15, -0.1) is 0 Å². The summed E-state index contributed by atoms with van der Waals surface area (Å²) in [6.45, 7) is 5.73. The molecule has 1 N–H and O–H groups in total. The second-order valence-corrected chi connectivity index (χ2v) is 12.4. The van der Waals surface area contributed by atoms with Gasteiger partial charge in [0, 0.05) is 19.2 Å². The van der Waals surface area contributed by atoms with Gasteiger partial charge in [-0.25, -0.2) is 13.2 Å². The van der Waals surface area contributed by atoms with Crippen molar-refractivity contribution in [2.45, 2.75) is 69.0 Å². The number of amides is 2. The molecule has 10 heteroatoms. The third-order valence-corrected chi connectivity index (χ3v) is 7.27. The number of carbonyl (C=O) groups is 2. The number of likely N-dealkylation sites (tertiary alicyclic amines) is 1. The third kappa shape index (κ3) is 7.33. The van der Waals surface area contributed by atoms with Crippen molar-refractivity contribution in [3.8, 4) is 23.3 Å². The van der Waals surface area contributed by atoms with E-state index in [1.54, 1.807) is 51.1 Å². The number of sulfone groups is 1. The number of rotatable bonds is 6. The molecule has 1 aliphatic rings. The van der Waals surface area contributed by atoms with Gasteiger partial charge in [-0.2, -0.15) is 10.5 Å². The van der Waals surface area contributed by atoms with Crippen LogP contribution in [0.5, 0.6) is 0 Å². The predicted molar refractivity (Wildman–Crippen MR) is 142 cm³/mol. The van der Waals surface area contributed by atoms with Gasteiger partial charge in [0.2, 0.25) is 5.91 Å². The molecule has 0 aromatic heterocycles. The number of nitrogens with one attached hydrogen (secondary N) is 1. The summed E-state index contributed by atoms with van der Waals surface area (Å²) in [5.41, 5.74) is 1.59. The van der Waals surface area contributed by atoms with Crippen LogP contribution >= 0.6 is 0 Å². The Balaban J connectivity index is 1.71. The van der Waals surface area contributed by atoms with Crippen molar-refractivity contribution in [3.05, 3.63) is 53.6 Å². The lowest BCUT2D eigenvalue weighted by Crippen LogP contribution is -2.54. The lowest BCUT2D eigenvalue weighted by atomic mass is 9.99. The summed E-state index contributed by atoms with van der Waals surface area (Å²) in [5, 5.41) is 21.7. The Labute approximate surface area is 223 Å². The Hall–Kier alpha value is -3.89. The monoisotopic (exact) mass is 536 g/mol. The number of carbonyl (C=O) groups excluding carboxylic acids is 2. The van der Waals surface area contributed by atoms with Gasteiger partial charge in [0.25, 0.3) is 0 Å². The molecule has 200 valence electrons. The fourth-order valence-corrected chi connectivity index (χ4v) is 5.16. The molecule has 0 saturated carbocycles. The first kappa shape index (κ1) is 28.7. The van der Waals surface area contributed by atoms with Gasteiger partial charge in [-0.3, -0.25) is 9.69 Å². The van der Waals surface area contributed by atoms with Gasteiger partial charge in [0.05, 0.1) is 16.5 Å². The smallest absolute Gasteiger partial charge is 0.410 e. The summed E-state index contributed by atoms with van der Waals surface area (Å²) < 4.78 is 29.6. The zero-order valence-electron chi connectivity index (χ0n) is 22.0. The first-order chi connectivity index (χ1) is 17.8. The summed E-state index contributed by atoms with van der Waals surface area (Å²) in [5.74, 6) is -0.385. The first-order valence-corrected chi connectivity index (χ1v) is 14.2. The van der Waals surface area contributed by atoms with Crippen molar-refractivity contribution in [2.24, 2.45) is 0 Å². The highest BCUT2D eigenvalue weighted by molar-refractivity contribution is 7.90. The van der Waals surface area contributed by atoms with Crippen LogP contribution in [0.3, 0.4) is 0 Å². The Morgan fingerprint density at radius 3 is 2.34 bits per heavy atom. The van der Waals surface area contributed by atoms with E-state index in [-0.39, 0.29) is 22.8 Å². The van der Waals surface area contributed by atoms with E-state index < -0.39 is 33.6 Å². The number of piperidine rings is 1. The molecule has 38 heavy (non-hydrogen) atoms. The Morgan fingerprint density at radius 1 is 1.11 bits per heavy atom. The van der Waals surface area contributed by atoms with Crippen LogP contribution in [0.2, 0.25) is 0 Å². The van der Waals surface area contributed by atoms with Gasteiger partial charge in [0.1, 0.15) is 23.8 Å². The highest BCUT2D eigenvalue weighted by atomic mass is 32.2. The van der Waals surface area contributed by atoms with Crippen LogP contribution in [0, 0.1) is 22.7 Å². The topological polar surface area (TPSA) is 140 Å². The lowest BCUT2D eigenvalue weighted by Gasteiger charge is -2.36. The molecule has 1 unspecified atom stereocenters. The quantitative estimate of drug-likeness (QED) is 0.589. The van der Waals surface area contributed by atoms with Crippen molar-refractivity contribution in [1.82, 2.24) is 10.2 Å². The molecule has 2 amide bonds. The summed E-state index contributed by atoms with van der Waals surface area (Å²) in [6, 6.07) is 14.4. The highest BCUT2D eigenvalue weighted by Crippen LogP contribution is 2.26. The zero-order valence-corrected chi connectivity index (χ0v) is 22.8. The van der Waals surface area contributed by atoms with Gasteiger partial charge < -0.3 is 10.1 Å². The van der Waals surface area contributed by atoms with Gasteiger partial charge in [0.15, 0.2) is 9.84 Å². The normalized spacial score (nSPS) is 16.6. The van der Waals surface area contributed by atoms with E-state index in [0.717, 1.165) is 30.2 Å². The fourth-order valence-electron chi connectivity index (χ4n) is 4.31. The summed E-state index contributed by atoms with van der Waals surface area (Å²) in [4.78, 5) is 27.1. The van der Waals surface area contributed by atoms with Gasteiger partial charge in [-0.1, -0.05) is 30.3 Å². The Morgan fingerprint density at radius 2 is 1.76 bits per heavy atom. The number of nitrogens with zero attached hydrogens (tertiary/aromatic N) is 3. The van der Waals surface area contributed by atoms with E-state index in [4.69, 9.17) is 4.74 Å². The van der Waals surface area contributed by atoms with Crippen LogP contribution in [0.25, 0.3) is 11.1 Å². The summed E-state index contributed by atoms with van der Waals surface area (Å²) >= 11 is 0. The van der Waals surface area contributed by atoms with Crippen molar-refractivity contribution in [1.29, 1.82) is 10.5 Å². The number of ether oxygens (including phenoxy) is 1. The van der Waals surface area contributed by atoms with E-state index in [9.17, 15) is 28.5 Å². The maximum Gasteiger partial charge on any atom is 0.410 e. The number of nitriles is 2. The van der Waals surface area contributed by atoms with Crippen molar-refractivity contribution >= 4 is 21.8 Å². The van der Waals surface area contributed by atoms with E-state index in [1.165, 1.54) is 17.0 Å². The number of hydrogen-bond donors (Lipinski definition) is 1. The van der Waals surface area contributed by atoms with E-state index in [1.807, 2.05) is 6.07 Å². The molecule has 2 aromatic carbocycles. The van der Waals surface area contributed by atoms with Crippen LogP contribution in [-0.4, -0.2) is 55.8 Å². The molecule has 2 atom stereocenters.